The molecule has 2 rings (SSSR count). The van der Waals surface area contributed by atoms with Crippen molar-refractivity contribution in [2.75, 3.05) is 7.11 Å². The molecular formula is C15H16O2. The summed E-state index contributed by atoms with van der Waals surface area (Å²) in [4.78, 5) is 0. The standard InChI is InChI=1S/C15H16O2/c1-17-15(12-7-3-2-4-8-12)14-10-6-5-9-13(14)11-16/h2-10,15-16H,11H2,1H3. The van der Waals surface area contributed by atoms with E-state index in [0.717, 1.165) is 16.7 Å². The van der Waals surface area contributed by atoms with Crippen LogP contribution in [-0.2, 0) is 11.3 Å². The van der Waals surface area contributed by atoms with E-state index in [0.29, 0.717) is 0 Å². The van der Waals surface area contributed by atoms with Crippen LogP contribution in [0, 0.1) is 0 Å². The second kappa shape index (κ2) is 5.62. The first-order valence-electron chi connectivity index (χ1n) is 5.63. The van der Waals surface area contributed by atoms with Gasteiger partial charge in [-0.2, -0.15) is 0 Å². The minimum Gasteiger partial charge on any atom is -0.392 e. The lowest BCUT2D eigenvalue weighted by Crippen LogP contribution is -2.06. The van der Waals surface area contributed by atoms with Gasteiger partial charge in [0, 0.05) is 7.11 Å². The van der Waals surface area contributed by atoms with Crippen molar-refractivity contribution < 1.29 is 9.84 Å². The summed E-state index contributed by atoms with van der Waals surface area (Å²) in [5.74, 6) is 0. The number of hydrogen-bond donors (Lipinski definition) is 1. The van der Waals surface area contributed by atoms with Crippen molar-refractivity contribution in [2.24, 2.45) is 0 Å². The fourth-order valence-electron chi connectivity index (χ4n) is 2.00. The maximum Gasteiger partial charge on any atom is 0.108 e. The highest BCUT2D eigenvalue weighted by molar-refractivity contribution is 5.35. The molecule has 1 atom stereocenters. The first-order chi connectivity index (χ1) is 8.36. The SMILES string of the molecule is COC(c1ccccc1)c1ccccc1CO. The van der Waals surface area contributed by atoms with Crippen LogP contribution in [0.15, 0.2) is 54.6 Å². The van der Waals surface area contributed by atoms with Gasteiger partial charge in [0.15, 0.2) is 0 Å². The number of benzene rings is 2. The Morgan fingerprint density at radius 1 is 1.00 bits per heavy atom. The summed E-state index contributed by atoms with van der Waals surface area (Å²) in [7, 11) is 1.69. The maximum atomic E-state index is 9.35. The van der Waals surface area contributed by atoms with E-state index in [1.807, 2.05) is 54.6 Å². The molecule has 0 spiro atoms. The maximum absolute atomic E-state index is 9.35. The van der Waals surface area contributed by atoms with Crippen LogP contribution in [0.3, 0.4) is 0 Å². The monoisotopic (exact) mass is 228 g/mol. The fraction of sp³-hybridized carbons (Fsp3) is 0.200. The Morgan fingerprint density at radius 2 is 1.65 bits per heavy atom. The molecular weight excluding hydrogens is 212 g/mol. The smallest absolute Gasteiger partial charge is 0.108 e. The zero-order chi connectivity index (χ0) is 12.1. The van der Waals surface area contributed by atoms with E-state index in [9.17, 15) is 5.11 Å². The van der Waals surface area contributed by atoms with Gasteiger partial charge in [-0.15, -0.1) is 0 Å². The second-order valence-corrected chi connectivity index (χ2v) is 3.88. The van der Waals surface area contributed by atoms with Gasteiger partial charge in [0.25, 0.3) is 0 Å². The van der Waals surface area contributed by atoms with Crippen LogP contribution in [0.25, 0.3) is 0 Å². The summed E-state index contributed by atoms with van der Waals surface area (Å²) in [5, 5.41) is 9.35. The molecule has 0 aliphatic rings. The third kappa shape index (κ3) is 2.54. The van der Waals surface area contributed by atoms with Crippen LogP contribution < -0.4 is 0 Å². The molecule has 2 aromatic rings. The number of aliphatic hydroxyl groups is 1. The van der Waals surface area contributed by atoms with Crippen LogP contribution in [0.2, 0.25) is 0 Å². The van der Waals surface area contributed by atoms with Crippen molar-refractivity contribution in [1.29, 1.82) is 0 Å². The number of methoxy groups -OCH3 is 1. The summed E-state index contributed by atoms with van der Waals surface area (Å²) < 4.78 is 5.55. The zero-order valence-corrected chi connectivity index (χ0v) is 9.84. The molecule has 1 N–H and O–H groups in total. The Hall–Kier alpha value is -1.64. The van der Waals surface area contributed by atoms with Crippen molar-refractivity contribution in [3.05, 3.63) is 71.3 Å². The fourth-order valence-corrected chi connectivity index (χ4v) is 2.00. The molecule has 2 heteroatoms. The van der Waals surface area contributed by atoms with Gasteiger partial charge in [-0.25, -0.2) is 0 Å². The molecule has 0 aliphatic heterocycles. The Kier molecular flexibility index (Phi) is 3.91. The predicted octanol–water partition coefficient (Wildman–Crippen LogP) is 2.91. The van der Waals surface area contributed by atoms with Gasteiger partial charge >= 0.3 is 0 Å². The number of ether oxygens (including phenoxy) is 1. The molecule has 0 fully saturated rings. The molecule has 0 amide bonds. The van der Waals surface area contributed by atoms with Crippen LogP contribution in [0.1, 0.15) is 22.8 Å². The molecule has 0 heterocycles. The van der Waals surface area contributed by atoms with Crippen molar-refractivity contribution in [1.82, 2.24) is 0 Å². The quantitative estimate of drug-likeness (QED) is 0.871. The van der Waals surface area contributed by atoms with E-state index in [-0.39, 0.29) is 12.7 Å². The summed E-state index contributed by atoms with van der Waals surface area (Å²) in [5.41, 5.74) is 3.02. The lowest BCUT2D eigenvalue weighted by atomic mass is 9.97. The van der Waals surface area contributed by atoms with Gasteiger partial charge in [-0.3, -0.25) is 0 Å². The first-order valence-corrected chi connectivity index (χ1v) is 5.63. The molecule has 88 valence electrons. The third-order valence-corrected chi connectivity index (χ3v) is 2.85. The molecule has 1 unspecified atom stereocenters. The highest BCUT2D eigenvalue weighted by Crippen LogP contribution is 2.27. The molecule has 0 aliphatic carbocycles. The van der Waals surface area contributed by atoms with Gasteiger partial charge < -0.3 is 9.84 Å². The molecule has 2 aromatic carbocycles. The van der Waals surface area contributed by atoms with E-state index in [2.05, 4.69) is 0 Å². The van der Waals surface area contributed by atoms with Gasteiger partial charge in [0.2, 0.25) is 0 Å². The van der Waals surface area contributed by atoms with E-state index < -0.39 is 0 Å². The van der Waals surface area contributed by atoms with Crippen LogP contribution >= 0.6 is 0 Å². The van der Waals surface area contributed by atoms with E-state index >= 15 is 0 Å². The Morgan fingerprint density at radius 3 is 2.29 bits per heavy atom. The van der Waals surface area contributed by atoms with Crippen LogP contribution in [0.4, 0.5) is 0 Å². The van der Waals surface area contributed by atoms with E-state index in [1.165, 1.54) is 0 Å². The summed E-state index contributed by atoms with van der Waals surface area (Å²) in [6.07, 6.45) is -0.125. The number of aliphatic hydroxyl groups excluding tert-OH is 1. The highest BCUT2D eigenvalue weighted by atomic mass is 16.5. The van der Waals surface area contributed by atoms with E-state index in [4.69, 9.17) is 4.74 Å². The van der Waals surface area contributed by atoms with E-state index in [1.54, 1.807) is 7.11 Å². The lowest BCUT2D eigenvalue weighted by molar-refractivity contribution is 0.134. The summed E-state index contributed by atoms with van der Waals surface area (Å²) >= 11 is 0. The van der Waals surface area contributed by atoms with Crippen molar-refractivity contribution >= 4 is 0 Å². The minimum atomic E-state index is -0.125. The van der Waals surface area contributed by atoms with Gasteiger partial charge in [-0.1, -0.05) is 54.6 Å². The highest BCUT2D eigenvalue weighted by Gasteiger charge is 2.15. The zero-order valence-electron chi connectivity index (χ0n) is 9.84. The number of rotatable bonds is 4. The lowest BCUT2D eigenvalue weighted by Gasteiger charge is -2.18. The molecule has 0 saturated carbocycles. The largest absolute Gasteiger partial charge is 0.392 e. The molecule has 0 aromatic heterocycles. The topological polar surface area (TPSA) is 29.5 Å². The van der Waals surface area contributed by atoms with Crippen molar-refractivity contribution in [3.8, 4) is 0 Å². The van der Waals surface area contributed by atoms with Gasteiger partial charge in [0.05, 0.1) is 6.61 Å². The molecule has 17 heavy (non-hydrogen) atoms. The molecule has 0 saturated heterocycles. The minimum absolute atomic E-state index is 0.0306. The normalized spacial score (nSPS) is 12.4. The summed E-state index contributed by atoms with van der Waals surface area (Å²) in [6.45, 7) is 0.0306. The van der Waals surface area contributed by atoms with Crippen LogP contribution in [0.5, 0.6) is 0 Å². The first kappa shape index (κ1) is 11.8. The second-order valence-electron chi connectivity index (χ2n) is 3.88. The Bertz CT molecular complexity index is 465. The van der Waals surface area contributed by atoms with Gasteiger partial charge in [-0.05, 0) is 16.7 Å². The Labute approximate surface area is 101 Å². The van der Waals surface area contributed by atoms with Crippen molar-refractivity contribution in [3.63, 3.8) is 0 Å². The molecule has 0 radical (unpaired) electrons. The Balaban J connectivity index is 2.42. The predicted molar refractivity (Wildman–Crippen MR) is 67.7 cm³/mol. The summed E-state index contributed by atoms with van der Waals surface area (Å²) in [6, 6.07) is 17.8. The molecule has 0 bridgehead atoms. The average Bonchev–Trinajstić information content (AvgIpc) is 2.41. The molecule has 2 nitrogen and oxygen atoms in total. The third-order valence-electron chi connectivity index (χ3n) is 2.85. The average molecular weight is 228 g/mol. The van der Waals surface area contributed by atoms with Crippen molar-refractivity contribution in [2.45, 2.75) is 12.7 Å². The number of hydrogen-bond acceptors (Lipinski definition) is 2. The van der Waals surface area contributed by atoms with Gasteiger partial charge in [0.1, 0.15) is 6.10 Å². The van der Waals surface area contributed by atoms with Crippen LogP contribution in [-0.4, -0.2) is 12.2 Å².